The molecule has 0 aliphatic carbocycles. The molecule has 0 bridgehead atoms. The molecule has 0 saturated heterocycles. The van der Waals surface area contributed by atoms with Crippen LogP contribution in [0.5, 0.6) is 0 Å². The third-order valence-electron chi connectivity index (χ3n) is 3.98. The topological polar surface area (TPSA) is 36.9 Å². The SMILES string of the molecule is CCC(SSSSSSSSC(CC)[Si](C)(OC)OC)[Si](C)(OC)OC. The summed E-state index contributed by atoms with van der Waals surface area (Å²) in [6.07, 6.45) is 2.11. The molecule has 0 fully saturated rings. The lowest BCUT2D eigenvalue weighted by molar-refractivity contribution is 0.246. The van der Waals surface area contributed by atoms with Crippen LogP contribution >= 0.6 is 80.5 Å². The lowest BCUT2D eigenvalue weighted by atomic mass is 10.6. The van der Waals surface area contributed by atoms with Crippen molar-refractivity contribution in [3.63, 3.8) is 0 Å². The van der Waals surface area contributed by atoms with E-state index in [9.17, 15) is 0 Å². The zero-order chi connectivity index (χ0) is 20.1. The average molecular weight is 551 g/mol. The highest BCUT2D eigenvalue weighted by atomic mass is 34.0. The van der Waals surface area contributed by atoms with Gasteiger partial charge in [-0.3, -0.25) is 0 Å². The highest BCUT2D eigenvalue weighted by Gasteiger charge is 2.40. The van der Waals surface area contributed by atoms with E-state index in [1.807, 2.05) is 41.2 Å². The van der Waals surface area contributed by atoms with E-state index in [-0.39, 0.29) is 0 Å². The minimum Gasteiger partial charge on any atom is -0.397 e. The van der Waals surface area contributed by atoms with Crippen LogP contribution in [0.25, 0.3) is 0 Å². The molecule has 0 aliphatic rings. The second kappa shape index (κ2) is 16.7. The van der Waals surface area contributed by atoms with Gasteiger partial charge in [0.2, 0.25) is 0 Å². The van der Waals surface area contributed by atoms with Crippen LogP contribution < -0.4 is 0 Å². The molecule has 0 aliphatic heterocycles. The molecule has 26 heavy (non-hydrogen) atoms. The Morgan fingerprint density at radius 2 is 0.846 bits per heavy atom. The summed E-state index contributed by atoms with van der Waals surface area (Å²) in [7, 11) is 17.5. The molecule has 158 valence electrons. The molecule has 14 heteroatoms. The van der Waals surface area contributed by atoms with Gasteiger partial charge in [0.1, 0.15) is 0 Å². The second-order valence-corrected chi connectivity index (χ2v) is 26.5. The van der Waals surface area contributed by atoms with E-state index >= 15 is 0 Å². The van der Waals surface area contributed by atoms with E-state index in [4.69, 9.17) is 17.7 Å². The first-order valence-electron chi connectivity index (χ1n) is 7.90. The molecule has 0 saturated carbocycles. The van der Waals surface area contributed by atoms with Crippen molar-refractivity contribution in [2.45, 2.75) is 49.5 Å². The molecule has 0 rings (SSSR count). The first-order valence-corrected chi connectivity index (χ1v) is 23.0. The fourth-order valence-corrected chi connectivity index (χ4v) is 29.7. The molecule has 0 aromatic heterocycles. The van der Waals surface area contributed by atoms with Gasteiger partial charge in [0.15, 0.2) is 0 Å². The number of hydrogen-bond acceptors (Lipinski definition) is 12. The minimum absolute atomic E-state index is 0.425. The van der Waals surface area contributed by atoms with Gasteiger partial charge in [0.25, 0.3) is 0 Å². The second-order valence-electron chi connectivity index (χ2n) is 5.24. The van der Waals surface area contributed by atoms with Crippen LogP contribution in [-0.2, 0) is 17.7 Å². The minimum atomic E-state index is -2.07. The van der Waals surface area contributed by atoms with Crippen molar-refractivity contribution >= 4 is 97.7 Å². The Hall–Kier alpha value is 3.07. The molecule has 0 aromatic carbocycles. The number of hydrogen-bond donors (Lipinski definition) is 0. The monoisotopic (exact) mass is 550 g/mol. The maximum atomic E-state index is 5.66. The normalized spacial score (nSPS) is 15.2. The van der Waals surface area contributed by atoms with Gasteiger partial charge in [-0.05, 0) is 84.9 Å². The molecule has 2 unspecified atom stereocenters. The standard InChI is InChI=1S/C12H30O4S8Si2/c1-9-11(25(7,13-3)14-4)17-19-21-23-24-22-20-18-12(10-2)26(8,15-5)16-6/h11-12H,9-10H2,1-8H3. The zero-order valence-corrected chi connectivity index (χ0v) is 25.0. The van der Waals surface area contributed by atoms with Gasteiger partial charge in [-0.25, -0.2) is 0 Å². The van der Waals surface area contributed by atoms with Crippen LogP contribution in [0.15, 0.2) is 0 Å². The summed E-state index contributed by atoms with van der Waals surface area (Å²) in [6, 6.07) is 0. The number of rotatable bonds is 17. The van der Waals surface area contributed by atoms with Crippen molar-refractivity contribution in [1.82, 2.24) is 0 Å². The third kappa shape index (κ3) is 10.4. The van der Waals surface area contributed by atoms with Crippen LogP contribution in [-0.4, -0.2) is 55.3 Å². The predicted molar refractivity (Wildman–Crippen MR) is 140 cm³/mol. The fraction of sp³-hybridized carbons (Fsp3) is 1.00. The summed E-state index contributed by atoms with van der Waals surface area (Å²) in [5.41, 5.74) is 0. The van der Waals surface area contributed by atoms with E-state index in [0.29, 0.717) is 9.75 Å². The first-order chi connectivity index (χ1) is 12.4. The van der Waals surface area contributed by atoms with E-state index in [0.717, 1.165) is 12.8 Å². The van der Waals surface area contributed by atoms with Crippen molar-refractivity contribution in [3.05, 3.63) is 0 Å². The zero-order valence-electron chi connectivity index (χ0n) is 16.5. The predicted octanol–water partition coefficient (Wildman–Crippen LogP) is 7.62. The van der Waals surface area contributed by atoms with E-state index in [2.05, 4.69) is 26.9 Å². The Labute approximate surface area is 191 Å². The van der Waals surface area contributed by atoms with Crippen LogP contribution in [0.2, 0.25) is 13.1 Å². The molecule has 4 nitrogen and oxygen atoms in total. The van der Waals surface area contributed by atoms with Gasteiger partial charge in [0.05, 0.1) is 9.75 Å². The first kappa shape index (κ1) is 29.1. The van der Waals surface area contributed by atoms with Gasteiger partial charge in [0, 0.05) is 28.4 Å². The lowest BCUT2D eigenvalue weighted by Gasteiger charge is -2.30. The summed E-state index contributed by atoms with van der Waals surface area (Å²) in [6.45, 7) is 8.65. The molecule has 0 spiro atoms. The molecular formula is C12H30O4S8Si2. The Bertz CT molecular complexity index is 321. The molecular weight excluding hydrogens is 521 g/mol. The Morgan fingerprint density at radius 1 is 0.577 bits per heavy atom. The van der Waals surface area contributed by atoms with Crippen LogP contribution in [0.4, 0.5) is 0 Å². The molecule has 2 atom stereocenters. The maximum absolute atomic E-state index is 5.66. The molecule has 0 heterocycles. The highest BCUT2D eigenvalue weighted by Crippen LogP contribution is 2.59. The van der Waals surface area contributed by atoms with Crippen LogP contribution in [0, 0.1) is 0 Å². The van der Waals surface area contributed by atoms with E-state index < -0.39 is 17.1 Å². The van der Waals surface area contributed by atoms with Crippen molar-refractivity contribution in [2.24, 2.45) is 0 Å². The van der Waals surface area contributed by atoms with E-state index in [1.165, 1.54) is 0 Å². The van der Waals surface area contributed by atoms with Gasteiger partial charge in [-0.2, -0.15) is 0 Å². The maximum Gasteiger partial charge on any atom is 0.348 e. The van der Waals surface area contributed by atoms with Gasteiger partial charge < -0.3 is 17.7 Å². The van der Waals surface area contributed by atoms with Crippen molar-refractivity contribution in [2.75, 3.05) is 28.4 Å². The summed E-state index contributed by atoms with van der Waals surface area (Å²) < 4.78 is 22.7. The highest BCUT2D eigenvalue weighted by molar-refractivity contribution is 9.48. The van der Waals surface area contributed by atoms with Gasteiger partial charge >= 0.3 is 17.1 Å². The summed E-state index contributed by atoms with van der Waals surface area (Å²) in [5.74, 6) is 0. The third-order valence-corrected chi connectivity index (χ3v) is 30.4. The van der Waals surface area contributed by atoms with Gasteiger partial charge in [-0.15, -0.1) is 0 Å². The van der Waals surface area contributed by atoms with Crippen molar-refractivity contribution in [3.8, 4) is 0 Å². The van der Waals surface area contributed by atoms with E-state index in [1.54, 1.807) is 67.7 Å². The Morgan fingerprint density at radius 3 is 1.08 bits per heavy atom. The quantitative estimate of drug-likeness (QED) is 0.101. The molecule has 0 amide bonds. The average Bonchev–Trinajstić information content (AvgIpc) is 2.68. The molecule has 0 radical (unpaired) electrons. The van der Waals surface area contributed by atoms with Crippen LogP contribution in [0.1, 0.15) is 26.7 Å². The molecule has 0 N–H and O–H groups in total. The Balaban J connectivity index is 3.94. The van der Waals surface area contributed by atoms with Crippen molar-refractivity contribution in [1.29, 1.82) is 0 Å². The fourth-order valence-electron chi connectivity index (χ4n) is 1.92. The van der Waals surface area contributed by atoms with Crippen molar-refractivity contribution < 1.29 is 17.7 Å². The summed E-state index contributed by atoms with van der Waals surface area (Å²) in [5, 5.41) is 0. The molecule has 0 aromatic rings. The summed E-state index contributed by atoms with van der Waals surface area (Å²) in [4.78, 5) is 0.850. The van der Waals surface area contributed by atoms with Crippen LogP contribution in [0.3, 0.4) is 0 Å². The summed E-state index contributed by atoms with van der Waals surface area (Å²) >= 11 is 0. The lowest BCUT2D eigenvalue weighted by Crippen LogP contribution is -2.47. The van der Waals surface area contributed by atoms with Gasteiger partial charge in [-0.1, -0.05) is 35.4 Å². The smallest absolute Gasteiger partial charge is 0.348 e. The largest absolute Gasteiger partial charge is 0.397 e. The Kier molecular flexibility index (Phi) is 18.7.